The molecular formula is C37H64O5Si3. The van der Waals surface area contributed by atoms with Gasteiger partial charge >= 0.3 is 0 Å². The summed E-state index contributed by atoms with van der Waals surface area (Å²) in [5, 5.41) is 0.294. The number of ether oxygens (including phenoxy) is 1. The Morgan fingerprint density at radius 3 is 2.02 bits per heavy atom. The van der Waals surface area contributed by atoms with E-state index in [0.29, 0.717) is 6.61 Å². The van der Waals surface area contributed by atoms with Crippen LogP contribution in [0.2, 0.25) is 55.9 Å². The van der Waals surface area contributed by atoms with E-state index in [2.05, 4.69) is 93.4 Å². The van der Waals surface area contributed by atoms with Gasteiger partial charge in [-0.05, 0) is 112 Å². The average Bonchev–Trinajstić information content (AvgIpc) is 3.18. The van der Waals surface area contributed by atoms with Crippen LogP contribution in [0.1, 0.15) is 73.6 Å². The number of rotatable bonds is 17. The molecule has 0 saturated heterocycles. The summed E-state index contributed by atoms with van der Waals surface area (Å²) >= 11 is 0. The van der Waals surface area contributed by atoms with Crippen molar-refractivity contribution in [2.45, 2.75) is 141 Å². The fourth-order valence-corrected chi connectivity index (χ4v) is 8.54. The summed E-state index contributed by atoms with van der Waals surface area (Å²) in [5.41, 5.74) is 0.0170. The highest BCUT2D eigenvalue weighted by molar-refractivity contribution is 6.74. The lowest BCUT2D eigenvalue weighted by Crippen LogP contribution is -2.44. The Kier molecular flexibility index (Phi) is 14.1. The Labute approximate surface area is 279 Å². The Morgan fingerprint density at radius 1 is 0.822 bits per heavy atom. The summed E-state index contributed by atoms with van der Waals surface area (Å²) in [6.45, 7) is 30.8. The molecule has 0 radical (unpaired) electrons. The Balaban J connectivity index is 2.22. The van der Waals surface area contributed by atoms with Crippen molar-refractivity contribution >= 4 is 30.7 Å². The standard InChI is InChI=1S/C37H64O5Si3/c1-35(2,3)44(10,11)40-30-20-24-32(41-45(12,13)36(4,5)6)23-19-25-33-34(38)26-28-37(33,42-43(7,8)9)27-17-18-29-39-31-21-15-14-16-22-31/h14-16,19,21-23,25-26,28,32H,17-18,20,24,27,29-30H2,1-13H3. The van der Waals surface area contributed by atoms with E-state index in [-0.39, 0.29) is 22.0 Å². The summed E-state index contributed by atoms with van der Waals surface area (Å²) in [4.78, 5) is 13.3. The molecule has 45 heavy (non-hydrogen) atoms. The molecule has 0 saturated carbocycles. The second-order valence-corrected chi connectivity index (χ2v) is 30.5. The first-order chi connectivity index (χ1) is 20.6. The third-order valence-electron chi connectivity index (χ3n) is 9.41. The van der Waals surface area contributed by atoms with Gasteiger partial charge in [0.2, 0.25) is 0 Å². The molecule has 0 heterocycles. The van der Waals surface area contributed by atoms with E-state index >= 15 is 0 Å². The van der Waals surface area contributed by atoms with Gasteiger partial charge in [-0.25, -0.2) is 0 Å². The van der Waals surface area contributed by atoms with Gasteiger partial charge in [-0.2, -0.15) is 0 Å². The average molecular weight is 673 g/mol. The molecule has 2 rings (SSSR count). The second kappa shape index (κ2) is 16.0. The van der Waals surface area contributed by atoms with E-state index in [9.17, 15) is 4.79 Å². The lowest BCUT2D eigenvalue weighted by molar-refractivity contribution is -0.111. The first-order valence-electron chi connectivity index (χ1n) is 16.9. The molecule has 1 aromatic carbocycles. The fraction of sp³-hybridized carbons (Fsp3) is 0.649. The Morgan fingerprint density at radius 2 is 1.44 bits per heavy atom. The lowest BCUT2D eigenvalue weighted by atomic mass is 9.90. The number of carbonyl (C=O) groups is 1. The van der Waals surface area contributed by atoms with E-state index in [1.807, 2.05) is 48.6 Å². The zero-order valence-corrected chi connectivity index (χ0v) is 33.8. The van der Waals surface area contributed by atoms with Gasteiger partial charge in [-0.15, -0.1) is 0 Å². The van der Waals surface area contributed by atoms with Crippen molar-refractivity contribution < 1.29 is 22.8 Å². The van der Waals surface area contributed by atoms with Gasteiger partial charge in [0.05, 0.1) is 12.7 Å². The molecule has 0 fully saturated rings. The van der Waals surface area contributed by atoms with Gasteiger partial charge in [0.15, 0.2) is 30.7 Å². The van der Waals surface area contributed by atoms with Crippen molar-refractivity contribution in [3.63, 3.8) is 0 Å². The van der Waals surface area contributed by atoms with E-state index < -0.39 is 30.6 Å². The summed E-state index contributed by atoms with van der Waals surface area (Å²) in [6, 6.07) is 9.91. The molecule has 0 aliphatic heterocycles. The SMILES string of the molecule is CC(C)(C)[Si](C)(C)OCCCC(C=CC=C1C(=O)C=CC1(CCCCOc1ccccc1)O[Si](C)(C)C)O[Si](C)(C)C(C)(C)C. The van der Waals surface area contributed by atoms with Gasteiger partial charge < -0.3 is 18.0 Å². The normalized spacial score (nSPS) is 20.0. The van der Waals surface area contributed by atoms with E-state index in [1.54, 1.807) is 6.08 Å². The third kappa shape index (κ3) is 12.5. The largest absolute Gasteiger partial charge is 0.494 e. The predicted molar refractivity (Wildman–Crippen MR) is 199 cm³/mol. The van der Waals surface area contributed by atoms with Crippen molar-refractivity contribution in [3.05, 3.63) is 66.3 Å². The summed E-state index contributed by atoms with van der Waals surface area (Å²) < 4.78 is 26.1. The molecule has 1 aromatic rings. The van der Waals surface area contributed by atoms with Crippen LogP contribution in [0, 0.1) is 0 Å². The number of ketones is 1. The number of hydrogen-bond donors (Lipinski definition) is 0. The van der Waals surface area contributed by atoms with E-state index in [0.717, 1.165) is 50.0 Å². The second-order valence-electron chi connectivity index (χ2n) is 16.6. The van der Waals surface area contributed by atoms with E-state index in [4.69, 9.17) is 18.0 Å². The van der Waals surface area contributed by atoms with Crippen molar-refractivity contribution in [2.24, 2.45) is 0 Å². The summed E-state index contributed by atoms with van der Waals surface area (Å²) in [7, 11) is -5.79. The summed E-state index contributed by atoms with van der Waals surface area (Å²) in [6.07, 6.45) is 14.1. The van der Waals surface area contributed by atoms with Crippen LogP contribution in [-0.4, -0.2) is 55.7 Å². The molecule has 1 aliphatic rings. The lowest BCUT2D eigenvalue weighted by Gasteiger charge is -2.39. The minimum atomic E-state index is -2.01. The van der Waals surface area contributed by atoms with Crippen LogP contribution in [0.4, 0.5) is 0 Å². The molecule has 2 unspecified atom stereocenters. The number of benzene rings is 1. The van der Waals surface area contributed by atoms with Crippen molar-refractivity contribution in [2.75, 3.05) is 13.2 Å². The van der Waals surface area contributed by atoms with Gasteiger partial charge in [-0.3, -0.25) is 4.79 Å². The molecule has 254 valence electrons. The highest BCUT2D eigenvalue weighted by Gasteiger charge is 2.43. The number of hydrogen-bond acceptors (Lipinski definition) is 5. The maximum atomic E-state index is 13.3. The number of unbranched alkanes of at least 4 members (excludes halogenated alkanes) is 1. The molecule has 8 heteroatoms. The van der Waals surface area contributed by atoms with Crippen LogP contribution >= 0.6 is 0 Å². The quantitative estimate of drug-likeness (QED) is 0.0936. The Hall–Kier alpha value is -1.56. The van der Waals surface area contributed by atoms with Crippen LogP contribution < -0.4 is 4.74 Å². The first kappa shape index (κ1) is 39.6. The van der Waals surface area contributed by atoms with Crippen LogP contribution in [0.5, 0.6) is 5.75 Å². The topological polar surface area (TPSA) is 54.0 Å². The highest BCUT2D eigenvalue weighted by Crippen LogP contribution is 2.40. The third-order valence-corrected chi connectivity index (χ3v) is 19.4. The molecule has 0 spiro atoms. The van der Waals surface area contributed by atoms with Crippen molar-refractivity contribution in [3.8, 4) is 5.75 Å². The maximum Gasteiger partial charge on any atom is 0.192 e. The van der Waals surface area contributed by atoms with Crippen LogP contribution in [0.3, 0.4) is 0 Å². The zero-order chi connectivity index (χ0) is 34.2. The number of carbonyl (C=O) groups excluding carboxylic acids is 1. The molecule has 0 N–H and O–H groups in total. The Bertz CT molecular complexity index is 1170. The maximum absolute atomic E-state index is 13.3. The molecule has 0 aromatic heterocycles. The predicted octanol–water partition coefficient (Wildman–Crippen LogP) is 10.6. The molecule has 0 amide bonds. The molecule has 2 atom stereocenters. The zero-order valence-electron chi connectivity index (χ0n) is 30.8. The van der Waals surface area contributed by atoms with Crippen LogP contribution in [0.25, 0.3) is 0 Å². The number of allylic oxidation sites excluding steroid dienone is 3. The minimum Gasteiger partial charge on any atom is -0.494 e. The smallest absolute Gasteiger partial charge is 0.192 e. The van der Waals surface area contributed by atoms with Gasteiger partial charge in [0.1, 0.15) is 11.4 Å². The van der Waals surface area contributed by atoms with E-state index in [1.165, 1.54) is 0 Å². The van der Waals surface area contributed by atoms with Crippen LogP contribution in [0.15, 0.2) is 66.3 Å². The van der Waals surface area contributed by atoms with Crippen LogP contribution in [-0.2, 0) is 18.1 Å². The van der Waals surface area contributed by atoms with Crippen molar-refractivity contribution in [1.82, 2.24) is 0 Å². The minimum absolute atomic E-state index is 0.0306. The molecule has 0 bridgehead atoms. The molecule has 5 nitrogen and oxygen atoms in total. The summed E-state index contributed by atoms with van der Waals surface area (Å²) in [5.74, 6) is 0.913. The van der Waals surface area contributed by atoms with Gasteiger partial charge in [0, 0.05) is 12.2 Å². The monoisotopic (exact) mass is 672 g/mol. The highest BCUT2D eigenvalue weighted by atomic mass is 28.4. The van der Waals surface area contributed by atoms with Crippen molar-refractivity contribution in [1.29, 1.82) is 0 Å². The molecule has 1 aliphatic carbocycles. The fourth-order valence-electron chi connectivity index (χ4n) is 4.78. The van der Waals surface area contributed by atoms with Gasteiger partial charge in [-0.1, -0.05) is 78.0 Å². The first-order valence-corrected chi connectivity index (χ1v) is 26.1. The molecular weight excluding hydrogens is 609 g/mol. The van der Waals surface area contributed by atoms with Gasteiger partial charge in [0.25, 0.3) is 0 Å². The number of para-hydroxylation sites is 1.